The van der Waals surface area contributed by atoms with Crippen LogP contribution < -0.4 is 16.0 Å². The van der Waals surface area contributed by atoms with E-state index in [-0.39, 0.29) is 12.5 Å². The molecule has 0 bridgehead atoms. The van der Waals surface area contributed by atoms with E-state index in [1.54, 1.807) is 0 Å². The second kappa shape index (κ2) is 11.3. The molecule has 0 aromatic carbocycles. The first kappa shape index (κ1) is 18.7. The molecule has 1 unspecified atom stereocenters. The summed E-state index contributed by atoms with van der Waals surface area (Å²) in [6, 6.07) is 0.716. The summed E-state index contributed by atoms with van der Waals surface area (Å²) in [6.07, 6.45) is 5.11. The molecule has 1 aliphatic heterocycles. The Morgan fingerprint density at radius 3 is 2.64 bits per heavy atom. The Hall–Kier alpha value is -1.30. The number of likely N-dealkylation sites (tertiary alicyclic amines) is 1. The van der Waals surface area contributed by atoms with Crippen LogP contribution in [0.1, 0.15) is 46.5 Å². The molecule has 0 aromatic rings. The van der Waals surface area contributed by atoms with Crippen LogP contribution in [0.4, 0.5) is 0 Å². The van der Waals surface area contributed by atoms with E-state index in [0.29, 0.717) is 12.6 Å². The van der Waals surface area contributed by atoms with Crippen molar-refractivity contribution in [2.75, 3.05) is 39.3 Å². The molecule has 0 spiro atoms. The molecule has 22 heavy (non-hydrogen) atoms. The van der Waals surface area contributed by atoms with E-state index >= 15 is 0 Å². The van der Waals surface area contributed by atoms with E-state index in [9.17, 15) is 4.79 Å². The van der Waals surface area contributed by atoms with Gasteiger partial charge in [0.15, 0.2) is 5.96 Å². The maximum absolute atomic E-state index is 11.4. The average molecular weight is 311 g/mol. The zero-order valence-electron chi connectivity index (χ0n) is 14.5. The summed E-state index contributed by atoms with van der Waals surface area (Å²) in [7, 11) is 0. The molecule has 0 aliphatic carbocycles. The van der Waals surface area contributed by atoms with Crippen LogP contribution in [-0.2, 0) is 4.79 Å². The van der Waals surface area contributed by atoms with Crippen LogP contribution in [0.5, 0.6) is 0 Å². The van der Waals surface area contributed by atoms with Crippen molar-refractivity contribution >= 4 is 11.9 Å². The number of aliphatic imine (C=N–C) groups is 1. The van der Waals surface area contributed by atoms with Gasteiger partial charge in [0, 0.05) is 32.2 Å². The molecule has 6 nitrogen and oxygen atoms in total. The highest BCUT2D eigenvalue weighted by Gasteiger charge is 2.17. The van der Waals surface area contributed by atoms with Crippen molar-refractivity contribution in [1.29, 1.82) is 0 Å². The second-order valence-electron chi connectivity index (χ2n) is 5.81. The number of nitrogens with one attached hydrogen (secondary N) is 3. The predicted molar refractivity (Wildman–Crippen MR) is 92.2 cm³/mol. The number of amides is 1. The molecule has 3 N–H and O–H groups in total. The highest BCUT2D eigenvalue weighted by molar-refractivity contribution is 5.84. The number of carbonyl (C=O) groups excluding carboxylic acids is 1. The number of guanidine groups is 1. The summed E-state index contributed by atoms with van der Waals surface area (Å²) in [5, 5.41) is 9.23. The van der Waals surface area contributed by atoms with E-state index < -0.39 is 0 Å². The number of hydrogen-bond acceptors (Lipinski definition) is 3. The quantitative estimate of drug-likeness (QED) is 0.354. The van der Waals surface area contributed by atoms with Crippen molar-refractivity contribution in [1.82, 2.24) is 20.9 Å². The largest absolute Gasteiger partial charge is 0.357 e. The Morgan fingerprint density at radius 1 is 1.18 bits per heavy atom. The topological polar surface area (TPSA) is 68.8 Å². The Balaban J connectivity index is 2.25. The molecular weight excluding hydrogens is 278 g/mol. The fourth-order valence-corrected chi connectivity index (χ4v) is 2.72. The summed E-state index contributed by atoms with van der Waals surface area (Å²) < 4.78 is 0. The molecule has 0 radical (unpaired) electrons. The third-order valence-electron chi connectivity index (χ3n) is 3.95. The summed E-state index contributed by atoms with van der Waals surface area (Å²) in [4.78, 5) is 18.3. The molecule has 1 rings (SSSR count). The average Bonchev–Trinajstić information content (AvgIpc) is 2.51. The standard InChI is InChI=1S/C16H33N5O/c1-4-17-15(22)13-20-16(18-5-2)19-10-8-12-21-11-7-6-9-14(21)3/h14H,4-13H2,1-3H3,(H,17,22)(H2,18,19,20). The summed E-state index contributed by atoms with van der Waals surface area (Å²) >= 11 is 0. The first-order chi connectivity index (χ1) is 10.7. The van der Waals surface area contributed by atoms with E-state index in [0.717, 1.165) is 32.0 Å². The van der Waals surface area contributed by atoms with E-state index in [4.69, 9.17) is 0 Å². The number of likely N-dealkylation sites (N-methyl/N-ethyl adjacent to an activating group) is 1. The van der Waals surface area contributed by atoms with Crippen molar-refractivity contribution in [3.05, 3.63) is 0 Å². The van der Waals surface area contributed by atoms with Gasteiger partial charge in [-0.25, -0.2) is 4.99 Å². The zero-order valence-corrected chi connectivity index (χ0v) is 14.5. The lowest BCUT2D eigenvalue weighted by atomic mass is 10.0. The number of rotatable bonds is 8. The van der Waals surface area contributed by atoms with Crippen molar-refractivity contribution in [2.45, 2.75) is 52.5 Å². The van der Waals surface area contributed by atoms with Gasteiger partial charge in [-0.1, -0.05) is 6.42 Å². The first-order valence-electron chi connectivity index (χ1n) is 8.70. The molecule has 0 saturated carbocycles. The van der Waals surface area contributed by atoms with Crippen LogP contribution in [-0.4, -0.2) is 62.1 Å². The minimum atomic E-state index is -0.0400. The maximum atomic E-state index is 11.4. The SMILES string of the molecule is CCNC(=O)CN=C(NCC)NCCCN1CCCCC1C. The number of nitrogens with zero attached hydrogens (tertiary/aromatic N) is 2. The first-order valence-corrected chi connectivity index (χ1v) is 8.70. The van der Waals surface area contributed by atoms with Crippen LogP contribution in [0.25, 0.3) is 0 Å². The Labute approximate surface area is 135 Å². The van der Waals surface area contributed by atoms with Gasteiger partial charge in [0.2, 0.25) is 5.91 Å². The molecule has 1 amide bonds. The fourth-order valence-electron chi connectivity index (χ4n) is 2.72. The highest BCUT2D eigenvalue weighted by Crippen LogP contribution is 2.15. The molecular formula is C16H33N5O. The van der Waals surface area contributed by atoms with Crippen molar-refractivity contribution < 1.29 is 4.79 Å². The molecule has 128 valence electrons. The van der Waals surface area contributed by atoms with Gasteiger partial charge < -0.3 is 20.9 Å². The molecule has 1 saturated heterocycles. The van der Waals surface area contributed by atoms with Crippen LogP contribution in [0, 0.1) is 0 Å². The van der Waals surface area contributed by atoms with Gasteiger partial charge in [0.1, 0.15) is 6.54 Å². The lowest BCUT2D eigenvalue weighted by Gasteiger charge is -2.33. The molecule has 6 heteroatoms. The highest BCUT2D eigenvalue weighted by atomic mass is 16.1. The zero-order chi connectivity index (χ0) is 16.2. The number of carbonyl (C=O) groups is 1. The van der Waals surface area contributed by atoms with Crippen molar-refractivity contribution in [3.8, 4) is 0 Å². The smallest absolute Gasteiger partial charge is 0.241 e. The van der Waals surface area contributed by atoms with Crippen LogP contribution in [0.3, 0.4) is 0 Å². The van der Waals surface area contributed by atoms with E-state index in [1.807, 2.05) is 13.8 Å². The second-order valence-corrected chi connectivity index (χ2v) is 5.81. The van der Waals surface area contributed by atoms with Gasteiger partial charge in [0.25, 0.3) is 0 Å². The molecule has 0 aromatic heterocycles. The fraction of sp³-hybridized carbons (Fsp3) is 0.875. The van der Waals surface area contributed by atoms with Gasteiger partial charge in [-0.2, -0.15) is 0 Å². The number of hydrogen-bond donors (Lipinski definition) is 3. The minimum Gasteiger partial charge on any atom is -0.357 e. The van der Waals surface area contributed by atoms with Crippen molar-refractivity contribution in [2.24, 2.45) is 4.99 Å². The van der Waals surface area contributed by atoms with E-state index in [2.05, 4.69) is 32.8 Å². The van der Waals surface area contributed by atoms with Gasteiger partial charge >= 0.3 is 0 Å². The van der Waals surface area contributed by atoms with Crippen LogP contribution in [0.15, 0.2) is 4.99 Å². The molecule has 1 atom stereocenters. The Bertz CT molecular complexity index is 345. The van der Waals surface area contributed by atoms with E-state index in [1.165, 1.54) is 25.8 Å². The van der Waals surface area contributed by atoms with Crippen LogP contribution >= 0.6 is 0 Å². The molecule has 1 heterocycles. The Kier molecular flexibility index (Phi) is 9.62. The van der Waals surface area contributed by atoms with Gasteiger partial charge in [-0.15, -0.1) is 0 Å². The molecule has 1 aliphatic rings. The lowest BCUT2D eigenvalue weighted by Crippen LogP contribution is -2.41. The third-order valence-corrected chi connectivity index (χ3v) is 3.95. The Morgan fingerprint density at radius 2 is 1.95 bits per heavy atom. The third kappa shape index (κ3) is 7.64. The summed E-state index contributed by atoms with van der Waals surface area (Å²) in [5.74, 6) is 0.683. The normalized spacial score (nSPS) is 19.8. The van der Waals surface area contributed by atoms with Crippen LogP contribution in [0.2, 0.25) is 0 Å². The van der Waals surface area contributed by atoms with Crippen molar-refractivity contribution in [3.63, 3.8) is 0 Å². The number of piperidine rings is 1. The minimum absolute atomic E-state index is 0.0400. The van der Waals surface area contributed by atoms with Gasteiger partial charge in [-0.3, -0.25) is 4.79 Å². The summed E-state index contributed by atoms with van der Waals surface area (Å²) in [6.45, 7) is 11.1. The monoisotopic (exact) mass is 311 g/mol. The lowest BCUT2D eigenvalue weighted by molar-refractivity contribution is -0.119. The maximum Gasteiger partial charge on any atom is 0.241 e. The van der Waals surface area contributed by atoms with Gasteiger partial charge in [-0.05, 0) is 46.6 Å². The summed E-state index contributed by atoms with van der Waals surface area (Å²) in [5.41, 5.74) is 0. The van der Waals surface area contributed by atoms with Gasteiger partial charge in [0.05, 0.1) is 0 Å². The predicted octanol–water partition coefficient (Wildman–Crippen LogP) is 0.942. The molecule has 1 fully saturated rings.